The van der Waals surface area contributed by atoms with Gasteiger partial charge < -0.3 is 9.80 Å². The van der Waals surface area contributed by atoms with Crippen molar-refractivity contribution in [1.29, 1.82) is 0 Å². The highest BCUT2D eigenvalue weighted by molar-refractivity contribution is 7.16. The van der Waals surface area contributed by atoms with E-state index in [1.165, 1.54) is 0 Å². The van der Waals surface area contributed by atoms with Crippen LogP contribution >= 0.6 is 11.3 Å². The number of hydrogen-bond donors (Lipinski definition) is 0. The highest BCUT2D eigenvalue weighted by atomic mass is 32.1. The van der Waals surface area contributed by atoms with Gasteiger partial charge in [-0.05, 0) is 24.3 Å². The Morgan fingerprint density at radius 2 is 2.20 bits per heavy atom. The maximum Gasteiger partial charge on any atom is 0.227 e. The van der Waals surface area contributed by atoms with Crippen LogP contribution in [0.1, 0.15) is 25.3 Å². The minimum Gasteiger partial charge on any atom is -0.354 e. The lowest BCUT2D eigenvalue weighted by atomic mass is 10.3. The molecule has 2 aliphatic rings. The second-order valence-electron chi connectivity index (χ2n) is 6.55. The van der Waals surface area contributed by atoms with E-state index in [1.54, 1.807) is 17.7 Å². The predicted molar refractivity (Wildman–Crippen MR) is 97.1 cm³/mol. The van der Waals surface area contributed by atoms with Crippen molar-refractivity contribution >= 4 is 39.0 Å². The van der Waals surface area contributed by atoms with Crippen LogP contribution in [0, 0.1) is 0 Å². The number of nitrogens with zero attached hydrogens (tertiary/aromatic N) is 6. The summed E-state index contributed by atoms with van der Waals surface area (Å²) in [7, 11) is 0. The van der Waals surface area contributed by atoms with Crippen molar-refractivity contribution in [2.45, 2.75) is 25.3 Å². The van der Waals surface area contributed by atoms with Crippen molar-refractivity contribution in [3.8, 4) is 0 Å². The molecule has 0 saturated carbocycles. The zero-order valence-electron chi connectivity index (χ0n) is 13.7. The molecule has 3 aromatic heterocycles. The summed E-state index contributed by atoms with van der Waals surface area (Å²) in [5.74, 6) is 1.21. The number of thiophene rings is 1. The van der Waals surface area contributed by atoms with Gasteiger partial charge in [-0.3, -0.25) is 9.48 Å². The maximum absolute atomic E-state index is 11.9. The van der Waals surface area contributed by atoms with Gasteiger partial charge in [-0.25, -0.2) is 9.97 Å². The number of amides is 1. The van der Waals surface area contributed by atoms with Crippen LogP contribution < -0.4 is 9.80 Å². The number of rotatable bonds is 3. The molecule has 25 heavy (non-hydrogen) atoms. The van der Waals surface area contributed by atoms with Gasteiger partial charge in [0.15, 0.2) is 0 Å². The van der Waals surface area contributed by atoms with Crippen LogP contribution in [0.5, 0.6) is 0 Å². The second-order valence-corrected chi connectivity index (χ2v) is 7.45. The van der Waals surface area contributed by atoms with Gasteiger partial charge in [-0.2, -0.15) is 5.10 Å². The highest BCUT2D eigenvalue weighted by Crippen LogP contribution is 2.32. The summed E-state index contributed by atoms with van der Waals surface area (Å²) in [5.41, 5.74) is 0.920. The van der Waals surface area contributed by atoms with Gasteiger partial charge in [0.2, 0.25) is 5.91 Å². The molecule has 8 heteroatoms. The quantitative estimate of drug-likeness (QED) is 0.723. The molecule has 0 aromatic carbocycles. The Balaban J connectivity index is 1.36. The fraction of sp³-hybridized carbons (Fsp3) is 0.412. The molecule has 5 heterocycles. The Morgan fingerprint density at radius 3 is 3.08 bits per heavy atom. The molecule has 5 rings (SSSR count). The first-order valence-electron chi connectivity index (χ1n) is 8.57. The molecule has 2 aliphatic heterocycles. The molecule has 0 N–H and O–H groups in total. The number of fused-ring (bicyclic) bond motifs is 1. The Kier molecular flexibility index (Phi) is 3.44. The summed E-state index contributed by atoms with van der Waals surface area (Å²) in [6.07, 6.45) is 8.07. The standard InChI is InChI=1S/C17H18N6OS/c24-15-2-1-5-22(15)13-8-20-23(10-13)12-3-6-21(9-12)16-14-4-7-25-17(14)19-11-18-16/h4,7-8,10-12H,1-3,5-6,9H2. The molecule has 1 unspecified atom stereocenters. The van der Waals surface area contributed by atoms with Gasteiger partial charge in [-0.1, -0.05) is 0 Å². The van der Waals surface area contributed by atoms with Crippen molar-refractivity contribution in [3.05, 3.63) is 30.2 Å². The molecule has 128 valence electrons. The Hall–Kier alpha value is -2.48. The van der Waals surface area contributed by atoms with Crippen LogP contribution in [-0.4, -0.2) is 45.3 Å². The molecule has 0 spiro atoms. The minimum atomic E-state index is 0.202. The van der Waals surface area contributed by atoms with Gasteiger partial charge in [-0.15, -0.1) is 11.3 Å². The first kappa shape index (κ1) is 14.8. The molecule has 1 amide bonds. The van der Waals surface area contributed by atoms with Crippen LogP contribution in [0.3, 0.4) is 0 Å². The maximum atomic E-state index is 11.9. The SMILES string of the molecule is O=C1CCCN1c1cnn(C2CCN(c3ncnc4sccc34)C2)c1. The van der Waals surface area contributed by atoms with Crippen LogP contribution in [0.25, 0.3) is 10.2 Å². The van der Waals surface area contributed by atoms with E-state index in [0.29, 0.717) is 12.5 Å². The highest BCUT2D eigenvalue weighted by Gasteiger charge is 2.28. The van der Waals surface area contributed by atoms with Crippen molar-refractivity contribution in [3.63, 3.8) is 0 Å². The molecule has 0 bridgehead atoms. The topological polar surface area (TPSA) is 67.2 Å². The van der Waals surface area contributed by atoms with Gasteiger partial charge in [0.1, 0.15) is 17.0 Å². The van der Waals surface area contributed by atoms with Crippen LogP contribution in [0.2, 0.25) is 0 Å². The van der Waals surface area contributed by atoms with Gasteiger partial charge in [0.05, 0.1) is 23.3 Å². The Labute approximate surface area is 148 Å². The summed E-state index contributed by atoms with van der Waals surface area (Å²) < 4.78 is 2.01. The second kappa shape index (κ2) is 5.80. The minimum absolute atomic E-state index is 0.202. The lowest BCUT2D eigenvalue weighted by Crippen LogP contribution is -2.23. The van der Waals surface area contributed by atoms with Crippen molar-refractivity contribution < 1.29 is 4.79 Å². The third kappa shape index (κ3) is 2.48. The monoisotopic (exact) mass is 354 g/mol. The fourth-order valence-electron chi connectivity index (χ4n) is 3.77. The normalized spacial score (nSPS) is 21.0. The zero-order valence-corrected chi connectivity index (χ0v) is 14.5. The van der Waals surface area contributed by atoms with Crippen molar-refractivity contribution in [1.82, 2.24) is 19.7 Å². The predicted octanol–water partition coefficient (Wildman–Crippen LogP) is 2.47. The van der Waals surface area contributed by atoms with E-state index in [-0.39, 0.29) is 5.91 Å². The number of aromatic nitrogens is 4. The fourth-order valence-corrected chi connectivity index (χ4v) is 4.49. The third-order valence-electron chi connectivity index (χ3n) is 5.05. The summed E-state index contributed by atoms with van der Waals surface area (Å²) in [5, 5.41) is 7.70. The van der Waals surface area contributed by atoms with E-state index in [1.807, 2.05) is 22.0 Å². The average molecular weight is 354 g/mol. The lowest BCUT2D eigenvalue weighted by Gasteiger charge is -2.18. The third-order valence-corrected chi connectivity index (χ3v) is 5.87. The smallest absolute Gasteiger partial charge is 0.227 e. The van der Waals surface area contributed by atoms with Crippen LogP contribution in [-0.2, 0) is 4.79 Å². The summed E-state index contributed by atoms with van der Waals surface area (Å²) in [4.78, 5) is 25.9. The molecular weight excluding hydrogens is 336 g/mol. The van der Waals surface area contributed by atoms with E-state index < -0.39 is 0 Å². The Morgan fingerprint density at radius 1 is 1.24 bits per heavy atom. The first-order chi connectivity index (χ1) is 12.3. The van der Waals surface area contributed by atoms with E-state index >= 15 is 0 Å². The van der Waals surface area contributed by atoms with Gasteiger partial charge in [0.25, 0.3) is 0 Å². The molecule has 2 fully saturated rings. The van der Waals surface area contributed by atoms with Gasteiger partial charge in [0, 0.05) is 32.3 Å². The zero-order chi connectivity index (χ0) is 16.8. The van der Waals surface area contributed by atoms with Crippen molar-refractivity contribution in [2.24, 2.45) is 0 Å². The van der Waals surface area contributed by atoms with Crippen LogP contribution in [0.4, 0.5) is 11.5 Å². The largest absolute Gasteiger partial charge is 0.354 e. The van der Waals surface area contributed by atoms with Gasteiger partial charge >= 0.3 is 0 Å². The van der Waals surface area contributed by atoms with E-state index in [9.17, 15) is 4.79 Å². The first-order valence-corrected chi connectivity index (χ1v) is 9.45. The molecular formula is C17H18N6OS. The van der Waals surface area contributed by atoms with E-state index in [0.717, 1.165) is 54.2 Å². The van der Waals surface area contributed by atoms with Crippen molar-refractivity contribution in [2.75, 3.05) is 29.4 Å². The molecule has 0 aliphatic carbocycles. The van der Waals surface area contributed by atoms with E-state index in [2.05, 4.69) is 31.4 Å². The summed E-state index contributed by atoms with van der Waals surface area (Å²) in [6.45, 7) is 2.62. The lowest BCUT2D eigenvalue weighted by molar-refractivity contribution is -0.117. The number of carbonyl (C=O) groups is 1. The molecule has 7 nitrogen and oxygen atoms in total. The number of anilines is 2. The van der Waals surface area contributed by atoms with Crippen LogP contribution in [0.15, 0.2) is 30.2 Å². The molecule has 2 saturated heterocycles. The Bertz CT molecular complexity index is 934. The van der Waals surface area contributed by atoms with E-state index in [4.69, 9.17) is 0 Å². The summed E-state index contributed by atoms with van der Waals surface area (Å²) in [6, 6.07) is 2.39. The molecule has 1 atom stereocenters. The average Bonchev–Trinajstić information content (AvgIpc) is 3.39. The summed E-state index contributed by atoms with van der Waals surface area (Å²) >= 11 is 1.64. The number of hydrogen-bond acceptors (Lipinski definition) is 6. The number of carbonyl (C=O) groups excluding carboxylic acids is 1. The molecule has 3 aromatic rings. The molecule has 0 radical (unpaired) electrons.